The second kappa shape index (κ2) is 5.63. The number of benzene rings is 1. The molecule has 0 aliphatic heterocycles. The molecule has 0 radical (unpaired) electrons. The number of anilines is 2. The van der Waals surface area contributed by atoms with Crippen LogP contribution in [0.3, 0.4) is 0 Å². The number of nitrogens with one attached hydrogen (secondary N) is 2. The summed E-state index contributed by atoms with van der Waals surface area (Å²) >= 11 is 5.25. The lowest BCUT2D eigenvalue weighted by molar-refractivity contribution is 0.351. The van der Waals surface area contributed by atoms with Crippen LogP contribution in [-0.2, 0) is 0 Å². The van der Waals surface area contributed by atoms with Crippen molar-refractivity contribution in [1.29, 1.82) is 0 Å². The monoisotopic (exact) mass is 287 g/mol. The van der Waals surface area contributed by atoms with E-state index in [1.165, 1.54) is 24.8 Å². The molecule has 0 bridgehead atoms. The zero-order valence-corrected chi connectivity index (χ0v) is 12.2. The fourth-order valence-electron chi connectivity index (χ4n) is 2.12. The average Bonchev–Trinajstić information content (AvgIpc) is 2.78. The van der Waals surface area contributed by atoms with Crippen LogP contribution in [0.15, 0.2) is 34.9 Å². The van der Waals surface area contributed by atoms with E-state index in [1.54, 1.807) is 6.20 Å². The van der Waals surface area contributed by atoms with Crippen molar-refractivity contribution < 1.29 is 4.42 Å². The summed E-state index contributed by atoms with van der Waals surface area (Å²) in [7, 11) is 0. The molecule has 2 aromatic rings. The second-order valence-corrected chi connectivity index (χ2v) is 5.55. The van der Waals surface area contributed by atoms with Gasteiger partial charge in [0.15, 0.2) is 5.11 Å². The minimum absolute atomic E-state index is 0.455. The van der Waals surface area contributed by atoms with Crippen molar-refractivity contribution >= 4 is 29.0 Å². The van der Waals surface area contributed by atoms with E-state index in [1.807, 2.05) is 24.3 Å². The van der Waals surface area contributed by atoms with Crippen LogP contribution in [-0.4, -0.2) is 10.1 Å². The van der Waals surface area contributed by atoms with Crippen LogP contribution < -0.4 is 10.6 Å². The molecule has 3 rings (SSSR count). The molecule has 0 spiro atoms. The fourth-order valence-corrected chi connectivity index (χ4v) is 2.33. The van der Waals surface area contributed by atoms with Crippen molar-refractivity contribution in [2.75, 3.05) is 10.6 Å². The van der Waals surface area contributed by atoms with Gasteiger partial charge in [-0.05, 0) is 44.1 Å². The van der Waals surface area contributed by atoms with E-state index in [0.29, 0.717) is 17.0 Å². The molecule has 1 heterocycles. The molecule has 104 valence electrons. The van der Waals surface area contributed by atoms with E-state index in [0.717, 1.165) is 11.4 Å². The van der Waals surface area contributed by atoms with Crippen molar-refractivity contribution in [3.05, 3.63) is 41.8 Å². The van der Waals surface area contributed by atoms with E-state index >= 15 is 0 Å². The van der Waals surface area contributed by atoms with E-state index in [4.69, 9.17) is 16.6 Å². The van der Waals surface area contributed by atoms with E-state index in [-0.39, 0.29) is 0 Å². The number of rotatable bonds is 3. The molecular formula is C15H17N3OS. The Labute approximate surface area is 123 Å². The van der Waals surface area contributed by atoms with Crippen LogP contribution in [0, 0.1) is 6.92 Å². The summed E-state index contributed by atoms with van der Waals surface area (Å²) in [6, 6.07) is 8.49. The van der Waals surface area contributed by atoms with Gasteiger partial charge in [0, 0.05) is 11.6 Å². The molecule has 20 heavy (non-hydrogen) atoms. The Bertz CT molecular complexity index is 602. The van der Waals surface area contributed by atoms with Gasteiger partial charge in [0.25, 0.3) is 0 Å². The highest BCUT2D eigenvalue weighted by Gasteiger charge is 2.23. The van der Waals surface area contributed by atoms with Crippen LogP contribution in [0.2, 0.25) is 0 Å². The molecule has 4 nitrogen and oxygen atoms in total. The average molecular weight is 287 g/mol. The maximum absolute atomic E-state index is 5.67. The minimum Gasteiger partial charge on any atom is -0.428 e. The van der Waals surface area contributed by atoms with Gasteiger partial charge in [-0.15, -0.1) is 0 Å². The lowest BCUT2D eigenvalue weighted by Gasteiger charge is -2.22. The Hall–Kier alpha value is -1.88. The number of thiocarbonyl (C=S) groups is 1. The predicted octanol–water partition coefficient (Wildman–Crippen LogP) is 4.06. The van der Waals surface area contributed by atoms with Gasteiger partial charge < -0.3 is 9.73 Å². The molecule has 1 aromatic carbocycles. The molecular weight excluding hydrogens is 270 g/mol. The summed E-state index contributed by atoms with van der Waals surface area (Å²) in [5.74, 6) is 1.49. The Balaban J connectivity index is 1.58. The van der Waals surface area contributed by atoms with Crippen LogP contribution >= 0.6 is 12.2 Å². The highest BCUT2D eigenvalue weighted by atomic mass is 32.1. The smallest absolute Gasteiger partial charge is 0.301 e. The maximum Gasteiger partial charge on any atom is 0.301 e. The standard InChI is InChI=1S/C15H17N3OS/c1-10-5-7-12(8-6-10)17-15(20)18-14-16-9-13(19-14)11-3-2-4-11/h5-9,11H,2-4H2,1H3,(H2,16,17,18,20). The van der Waals surface area contributed by atoms with Gasteiger partial charge in [-0.2, -0.15) is 0 Å². The highest BCUT2D eigenvalue weighted by molar-refractivity contribution is 7.80. The predicted molar refractivity (Wildman–Crippen MR) is 84.1 cm³/mol. The molecule has 0 amide bonds. The quantitative estimate of drug-likeness (QED) is 0.834. The minimum atomic E-state index is 0.455. The summed E-state index contributed by atoms with van der Waals surface area (Å²) in [6.45, 7) is 2.05. The third-order valence-electron chi connectivity index (χ3n) is 3.56. The summed E-state index contributed by atoms with van der Waals surface area (Å²) in [5, 5.41) is 6.56. The molecule has 0 saturated heterocycles. The Kier molecular flexibility index (Phi) is 3.69. The number of hydrogen-bond acceptors (Lipinski definition) is 3. The number of aryl methyl sites for hydroxylation is 1. The number of hydrogen-bond donors (Lipinski definition) is 2. The van der Waals surface area contributed by atoms with Crippen molar-refractivity contribution in [3.63, 3.8) is 0 Å². The largest absolute Gasteiger partial charge is 0.428 e. The molecule has 1 aliphatic rings. The number of nitrogens with zero attached hydrogens (tertiary/aromatic N) is 1. The summed E-state index contributed by atoms with van der Waals surface area (Å²) in [4.78, 5) is 4.21. The van der Waals surface area contributed by atoms with Gasteiger partial charge in [0.2, 0.25) is 0 Å². The van der Waals surface area contributed by atoms with Crippen molar-refractivity contribution in [1.82, 2.24) is 4.98 Å². The summed E-state index contributed by atoms with van der Waals surface area (Å²) in [6.07, 6.45) is 5.46. The molecule has 0 unspecified atom stereocenters. The first-order valence-corrected chi connectivity index (χ1v) is 7.22. The first kappa shape index (κ1) is 13.1. The Morgan fingerprint density at radius 3 is 2.65 bits per heavy atom. The van der Waals surface area contributed by atoms with Gasteiger partial charge in [-0.25, -0.2) is 4.98 Å². The molecule has 0 atom stereocenters. The van der Waals surface area contributed by atoms with Crippen molar-refractivity contribution in [3.8, 4) is 0 Å². The van der Waals surface area contributed by atoms with Gasteiger partial charge >= 0.3 is 6.01 Å². The molecule has 1 fully saturated rings. The fraction of sp³-hybridized carbons (Fsp3) is 0.333. The van der Waals surface area contributed by atoms with Crippen LogP contribution in [0.5, 0.6) is 0 Å². The van der Waals surface area contributed by atoms with Gasteiger partial charge in [0.1, 0.15) is 5.76 Å². The molecule has 1 aromatic heterocycles. The lowest BCUT2D eigenvalue weighted by Crippen LogP contribution is -2.19. The van der Waals surface area contributed by atoms with Gasteiger partial charge in [-0.3, -0.25) is 5.32 Å². The first-order valence-electron chi connectivity index (χ1n) is 6.81. The molecule has 5 heteroatoms. The maximum atomic E-state index is 5.67. The van der Waals surface area contributed by atoms with Crippen molar-refractivity contribution in [2.24, 2.45) is 0 Å². The topological polar surface area (TPSA) is 50.1 Å². The van der Waals surface area contributed by atoms with Gasteiger partial charge in [-0.1, -0.05) is 24.1 Å². The zero-order chi connectivity index (χ0) is 13.9. The second-order valence-electron chi connectivity index (χ2n) is 5.14. The SMILES string of the molecule is Cc1ccc(NC(=S)Nc2ncc(C3CCC3)o2)cc1. The first-order chi connectivity index (χ1) is 9.70. The van der Waals surface area contributed by atoms with E-state index in [9.17, 15) is 0 Å². The molecule has 1 saturated carbocycles. The summed E-state index contributed by atoms with van der Waals surface area (Å²) < 4.78 is 5.67. The molecule has 1 aliphatic carbocycles. The number of aromatic nitrogens is 1. The van der Waals surface area contributed by atoms with Crippen molar-refractivity contribution in [2.45, 2.75) is 32.1 Å². The third kappa shape index (κ3) is 2.99. The van der Waals surface area contributed by atoms with E-state index < -0.39 is 0 Å². The summed E-state index contributed by atoms with van der Waals surface area (Å²) in [5.41, 5.74) is 2.16. The highest BCUT2D eigenvalue weighted by Crippen LogP contribution is 2.37. The zero-order valence-electron chi connectivity index (χ0n) is 11.3. The number of oxazole rings is 1. The normalized spacial score (nSPS) is 14.7. The Morgan fingerprint density at radius 2 is 2.00 bits per heavy atom. The Morgan fingerprint density at radius 1 is 1.25 bits per heavy atom. The van der Waals surface area contributed by atoms with E-state index in [2.05, 4.69) is 22.5 Å². The van der Waals surface area contributed by atoms with Crippen LogP contribution in [0.25, 0.3) is 0 Å². The third-order valence-corrected chi connectivity index (χ3v) is 3.77. The van der Waals surface area contributed by atoms with Crippen LogP contribution in [0.4, 0.5) is 11.7 Å². The van der Waals surface area contributed by atoms with Crippen LogP contribution in [0.1, 0.15) is 36.5 Å². The molecule has 2 N–H and O–H groups in total. The lowest BCUT2D eigenvalue weighted by atomic mass is 9.84. The van der Waals surface area contributed by atoms with Gasteiger partial charge in [0.05, 0.1) is 6.20 Å².